The van der Waals surface area contributed by atoms with Crippen LogP contribution >= 0.6 is 22.6 Å². The number of halogens is 1. The zero-order valence-corrected chi connectivity index (χ0v) is 13.0. The number of aryl methyl sites for hydroxylation is 1. The molecular formula is C15H13IN2O2. The Morgan fingerprint density at radius 2 is 1.85 bits per heavy atom. The van der Waals surface area contributed by atoms with Gasteiger partial charge in [-0.3, -0.25) is 0 Å². The van der Waals surface area contributed by atoms with Crippen molar-refractivity contribution in [2.45, 2.75) is 6.92 Å². The van der Waals surface area contributed by atoms with Gasteiger partial charge in [-0.15, -0.1) is 0 Å². The molecule has 0 atom stereocenters. The molecule has 4 nitrogen and oxygen atoms in total. The highest BCUT2D eigenvalue weighted by Crippen LogP contribution is 2.09. The minimum atomic E-state index is -0.529. The maximum absolute atomic E-state index is 11.8. The molecule has 0 fully saturated rings. The maximum Gasteiger partial charge on any atom is 0.365 e. The Bertz CT molecular complexity index is 668. The maximum atomic E-state index is 11.8. The minimum absolute atomic E-state index is 0.174. The molecular weight excluding hydrogens is 367 g/mol. The molecule has 5 heteroatoms. The van der Waals surface area contributed by atoms with Crippen molar-refractivity contribution >= 4 is 34.4 Å². The summed E-state index contributed by atoms with van der Waals surface area (Å²) in [5.74, 6) is -0.355. The van der Waals surface area contributed by atoms with E-state index in [0.717, 1.165) is 14.7 Å². The summed E-state index contributed by atoms with van der Waals surface area (Å²) in [4.78, 5) is 16.7. The van der Waals surface area contributed by atoms with Gasteiger partial charge in [0.1, 0.15) is 0 Å². The number of amidine groups is 1. The minimum Gasteiger partial charge on any atom is -0.380 e. The van der Waals surface area contributed by atoms with Gasteiger partial charge in [-0.1, -0.05) is 35.0 Å². The Morgan fingerprint density at radius 3 is 2.55 bits per heavy atom. The lowest BCUT2D eigenvalue weighted by Crippen LogP contribution is -2.15. The van der Waals surface area contributed by atoms with Crippen LogP contribution in [-0.2, 0) is 4.84 Å². The number of oxime groups is 1. The van der Waals surface area contributed by atoms with Crippen LogP contribution in [0.15, 0.2) is 53.7 Å². The largest absolute Gasteiger partial charge is 0.380 e. The molecule has 20 heavy (non-hydrogen) atoms. The summed E-state index contributed by atoms with van der Waals surface area (Å²) in [5, 5.41) is 3.68. The Hall–Kier alpha value is -1.89. The fourth-order valence-corrected chi connectivity index (χ4v) is 2.16. The van der Waals surface area contributed by atoms with Gasteiger partial charge in [0.05, 0.1) is 5.56 Å². The van der Waals surface area contributed by atoms with Gasteiger partial charge >= 0.3 is 5.97 Å². The van der Waals surface area contributed by atoms with E-state index in [0.29, 0.717) is 5.56 Å². The lowest BCUT2D eigenvalue weighted by molar-refractivity contribution is 0.0516. The van der Waals surface area contributed by atoms with Crippen molar-refractivity contribution in [2.75, 3.05) is 0 Å². The topological polar surface area (TPSA) is 64.7 Å². The number of nitrogens with zero attached hydrogens (tertiary/aromatic N) is 1. The molecule has 102 valence electrons. The lowest BCUT2D eigenvalue weighted by atomic mass is 10.1. The average molecular weight is 380 g/mol. The second-order valence-electron chi connectivity index (χ2n) is 4.24. The van der Waals surface area contributed by atoms with E-state index in [2.05, 4.69) is 27.7 Å². The third kappa shape index (κ3) is 3.80. The van der Waals surface area contributed by atoms with E-state index in [1.54, 1.807) is 18.2 Å². The van der Waals surface area contributed by atoms with Gasteiger partial charge in [0.25, 0.3) is 0 Å². The zero-order valence-electron chi connectivity index (χ0n) is 10.8. The van der Waals surface area contributed by atoms with Crippen LogP contribution in [0.5, 0.6) is 0 Å². The van der Waals surface area contributed by atoms with Gasteiger partial charge in [-0.2, -0.15) is 0 Å². The number of carbonyl (C=O) groups is 1. The summed E-state index contributed by atoms with van der Waals surface area (Å²) in [5.41, 5.74) is 8.02. The molecule has 0 radical (unpaired) electrons. The molecule has 0 bridgehead atoms. The van der Waals surface area contributed by atoms with Crippen molar-refractivity contribution in [3.63, 3.8) is 0 Å². The van der Waals surface area contributed by atoms with Gasteiger partial charge in [0.2, 0.25) is 0 Å². The molecule has 0 aliphatic heterocycles. The highest BCUT2D eigenvalue weighted by Gasteiger charge is 2.08. The molecule has 2 rings (SSSR count). The molecule has 0 unspecified atom stereocenters. The number of hydrogen-bond acceptors (Lipinski definition) is 3. The third-order valence-corrected chi connectivity index (χ3v) is 3.27. The predicted octanol–water partition coefficient (Wildman–Crippen LogP) is 3.08. The van der Waals surface area contributed by atoms with Crippen molar-refractivity contribution < 1.29 is 9.63 Å². The molecule has 0 heterocycles. The van der Waals surface area contributed by atoms with E-state index in [1.165, 1.54) is 0 Å². The Kier molecular flexibility index (Phi) is 4.73. The van der Waals surface area contributed by atoms with Crippen LogP contribution in [0.1, 0.15) is 21.5 Å². The second kappa shape index (κ2) is 6.51. The van der Waals surface area contributed by atoms with Crippen LogP contribution < -0.4 is 5.73 Å². The average Bonchev–Trinajstić information content (AvgIpc) is 2.44. The van der Waals surface area contributed by atoms with Crippen molar-refractivity contribution in [2.24, 2.45) is 10.9 Å². The standard InChI is InChI=1S/C15H13IN2O2/c1-10-4-2-5-11(8-10)14(17)18-20-15(19)12-6-3-7-13(16)9-12/h2-9H,1H3,(H2,17,18). The molecule has 0 saturated heterocycles. The summed E-state index contributed by atoms with van der Waals surface area (Å²) in [6, 6.07) is 14.6. The van der Waals surface area contributed by atoms with Gasteiger partial charge in [-0.25, -0.2) is 4.79 Å². The summed E-state index contributed by atoms with van der Waals surface area (Å²) < 4.78 is 0.952. The smallest absolute Gasteiger partial charge is 0.365 e. The Labute approximate surface area is 130 Å². The fraction of sp³-hybridized carbons (Fsp3) is 0.0667. The number of carbonyl (C=O) groups excluding carboxylic acids is 1. The SMILES string of the molecule is Cc1cccc(C(N)=NOC(=O)c2cccc(I)c2)c1. The van der Waals surface area contributed by atoms with Gasteiger partial charge < -0.3 is 10.6 Å². The van der Waals surface area contributed by atoms with E-state index in [1.807, 2.05) is 37.3 Å². The Morgan fingerprint density at radius 1 is 1.15 bits per heavy atom. The number of nitrogens with two attached hydrogens (primary N) is 1. The number of benzene rings is 2. The summed E-state index contributed by atoms with van der Waals surface area (Å²) >= 11 is 2.13. The molecule has 2 aromatic rings. The van der Waals surface area contributed by atoms with Gasteiger partial charge in [-0.05, 0) is 53.8 Å². The van der Waals surface area contributed by atoms with Crippen LogP contribution in [0.25, 0.3) is 0 Å². The molecule has 2 N–H and O–H groups in total. The van der Waals surface area contributed by atoms with E-state index >= 15 is 0 Å². The molecule has 0 spiro atoms. The second-order valence-corrected chi connectivity index (χ2v) is 5.48. The van der Waals surface area contributed by atoms with Crippen molar-refractivity contribution in [1.82, 2.24) is 0 Å². The summed E-state index contributed by atoms with van der Waals surface area (Å²) in [6.07, 6.45) is 0. The molecule has 0 saturated carbocycles. The quantitative estimate of drug-likeness (QED) is 0.293. The van der Waals surface area contributed by atoms with E-state index < -0.39 is 5.97 Å². The van der Waals surface area contributed by atoms with E-state index in [-0.39, 0.29) is 5.84 Å². The molecule has 0 aliphatic rings. The fourth-order valence-electron chi connectivity index (χ4n) is 1.62. The lowest BCUT2D eigenvalue weighted by Gasteiger charge is -2.02. The Balaban J connectivity index is 2.11. The third-order valence-electron chi connectivity index (χ3n) is 2.60. The summed E-state index contributed by atoms with van der Waals surface area (Å²) in [7, 11) is 0. The van der Waals surface area contributed by atoms with Crippen LogP contribution in [0.3, 0.4) is 0 Å². The van der Waals surface area contributed by atoms with Gasteiger partial charge in [0.15, 0.2) is 5.84 Å². The van der Waals surface area contributed by atoms with Gasteiger partial charge in [0, 0.05) is 9.13 Å². The van der Waals surface area contributed by atoms with Crippen molar-refractivity contribution in [3.05, 3.63) is 68.8 Å². The van der Waals surface area contributed by atoms with E-state index in [9.17, 15) is 4.79 Å². The molecule has 0 aromatic heterocycles. The first-order valence-electron chi connectivity index (χ1n) is 5.93. The monoisotopic (exact) mass is 380 g/mol. The number of rotatable bonds is 3. The highest BCUT2D eigenvalue weighted by atomic mass is 127. The number of hydrogen-bond donors (Lipinski definition) is 1. The van der Waals surface area contributed by atoms with Crippen LogP contribution in [0.2, 0.25) is 0 Å². The van der Waals surface area contributed by atoms with Crippen LogP contribution in [-0.4, -0.2) is 11.8 Å². The first-order chi connectivity index (χ1) is 9.56. The molecule has 0 amide bonds. The molecule has 0 aliphatic carbocycles. The van der Waals surface area contributed by atoms with Crippen LogP contribution in [0, 0.1) is 10.5 Å². The summed E-state index contributed by atoms with van der Waals surface area (Å²) in [6.45, 7) is 1.95. The normalized spacial score (nSPS) is 11.2. The first-order valence-corrected chi connectivity index (χ1v) is 7.01. The molecule has 2 aromatic carbocycles. The highest BCUT2D eigenvalue weighted by molar-refractivity contribution is 14.1. The van der Waals surface area contributed by atoms with E-state index in [4.69, 9.17) is 10.6 Å². The first kappa shape index (κ1) is 14.5. The zero-order chi connectivity index (χ0) is 14.5. The van der Waals surface area contributed by atoms with Crippen molar-refractivity contribution in [1.29, 1.82) is 0 Å². The van der Waals surface area contributed by atoms with Crippen LogP contribution in [0.4, 0.5) is 0 Å². The van der Waals surface area contributed by atoms with Crippen molar-refractivity contribution in [3.8, 4) is 0 Å². The predicted molar refractivity (Wildman–Crippen MR) is 86.5 cm³/mol.